The van der Waals surface area contributed by atoms with E-state index in [4.69, 9.17) is 0 Å². The molecule has 4 nitrogen and oxygen atoms in total. The first-order chi connectivity index (χ1) is 9.31. The van der Waals surface area contributed by atoms with Crippen LogP contribution in [0.5, 0.6) is 0 Å². The lowest BCUT2D eigenvalue weighted by molar-refractivity contribution is -0.132. The fourth-order valence-electron chi connectivity index (χ4n) is 3.36. The van der Waals surface area contributed by atoms with Gasteiger partial charge in [0.25, 0.3) is 0 Å². The minimum Gasteiger partial charge on any atom is -0.340 e. The molecule has 1 amide bonds. The summed E-state index contributed by atoms with van der Waals surface area (Å²) in [5.74, 6) is 0.343. The van der Waals surface area contributed by atoms with Crippen LogP contribution in [0.3, 0.4) is 0 Å². The van der Waals surface area contributed by atoms with Crippen LogP contribution in [0.15, 0.2) is 0 Å². The third kappa shape index (κ3) is 4.46. The van der Waals surface area contributed by atoms with E-state index < -0.39 is 0 Å². The average molecular weight is 267 g/mol. The number of hydrogen-bond donors (Lipinski definition) is 1. The lowest BCUT2D eigenvalue weighted by Crippen LogP contribution is -2.47. The summed E-state index contributed by atoms with van der Waals surface area (Å²) in [7, 11) is 0. The normalized spacial score (nSPS) is 21.9. The summed E-state index contributed by atoms with van der Waals surface area (Å²) < 4.78 is 0. The fourth-order valence-corrected chi connectivity index (χ4v) is 3.36. The molecule has 0 aromatic heterocycles. The van der Waals surface area contributed by atoms with Crippen LogP contribution in [-0.4, -0.2) is 61.0 Å². The molecule has 110 valence electrons. The Hall–Kier alpha value is -0.610. The van der Waals surface area contributed by atoms with Crippen LogP contribution in [0.25, 0.3) is 0 Å². The summed E-state index contributed by atoms with van der Waals surface area (Å²) in [5.41, 5.74) is 0. The van der Waals surface area contributed by atoms with Gasteiger partial charge in [-0.3, -0.25) is 4.79 Å². The number of piperazine rings is 1. The minimum absolute atomic E-state index is 0.343. The van der Waals surface area contributed by atoms with Gasteiger partial charge in [-0.15, -0.1) is 0 Å². The molecule has 2 fully saturated rings. The molecular weight excluding hydrogens is 238 g/mol. The van der Waals surface area contributed by atoms with Crippen molar-refractivity contribution in [1.29, 1.82) is 0 Å². The van der Waals surface area contributed by atoms with Crippen molar-refractivity contribution in [3.63, 3.8) is 0 Å². The van der Waals surface area contributed by atoms with Gasteiger partial charge >= 0.3 is 0 Å². The Morgan fingerprint density at radius 1 is 1.21 bits per heavy atom. The van der Waals surface area contributed by atoms with Gasteiger partial charge in [-0.2, -0.15) is 0 Å². The molecule has 1 saturated heterocycles. The summed E-state index contributed by atoms with van der Waals surface area (Å²) in [6.07, 6.45) is 7.49. The van der Waals surface area contributed by atoms with Crippen LogP contribution >= 0.6 is 0 Å². The van der Waals surface area contributed by atoms with Crippen LogP contribution in [0.4, 0.5) is 0 Å². The second-order valence-electron chi connectivity index (χ2n) is 5.80. The molecule has 0 aromatic carbocycles. The molecule has 1 saturated carbocycles. The average Bonchev–Trinajstić information content (AvgIpc) is 2.49. The lowest BCUT2D eigenvalue weighted by atomic mass is 9.94. The van der Waals surface area contributed by atoms with Crippen molar-refractivity contribution in [1.82, 2.24) is 15.1 Å². The molecule has 1 aliphatic carbocycles. The zero-order valence-corrected chi connectivity index (χ0v) is 12.4. The maximum absolute atomic E-state index is 12.2. The highest BCUT2D eigenvalue weighted by molar-refractivity contribution is 5.76. The summed E-state index contributed by atoms with van der Waals surface area (Å²) in [4.78, 5) is 16.7. The predicted molar refractivity (Wildman–Crippen MR) is 78.2 cm³/mol. The zero-order chi connectivity index (χ0) is 13.5. The number of carbonyl (C=O) groups is 1. The molecule has 1 aliphatic heterocycles. The van der Waals surface area contributed by atoms with Gasteiger partial charge in [0.2, 0.25) is 5.91 Å². The third-order valence-electron chi connectivity index (χ3n) is 4.58. The Kier molecular flexibility index (Phi) is 6.11. The molecule has 0 bridgehead atoms. The molecular formula is C15H29N3O. The van der Waals surface area contributed by atoms with Crippen molar-refractivity contribution in [3.05, 3.63) is 0 Å². The molecule has 0 unspecified atom stereocenters. The van der Waals surface area contributed by atoms with E-state index in [0.717, 1.165) is 45.3 Å². The van der Waals surface area contributed by atoms with Crippen molar-refractivity contribution >= 4 is 5.91 Å². The Bertz CT molecular complexity index is 271. The number of nitrogens with one attached hydrogen (secondary N) is 1. The largest absolute Gasteiger partial charge is 0.340 e. The Morgan fingerprint density at radius 2 is 1.89 bits per heavy atom. The van der Waals surface area contributed by atoms with E-state index in [2.05, 4.69) is 17.1 Å². The summed E-state index contributed by atoms with van der Waals surface area (Å²) in [6.45, 7) is 7.92. The first-order valence-electron chi connectivity index (χ1n) is 8.04. The Balaban J connectivity index is 1.73. The molecule has 0 atom stereocenters. The van der Waals surface area contributed by atoms with E-state index in [1.807, 2.05) is 4.90 Å². The quantitative estimate of drug-likeness (QED) is 0.819. The minimum atomic E-state index is 0.343. The summed E-state index contributed by atoms with van der Waals surface area (Å²) in [6, 6.07) is 0.731. The van der Waals surface area contributed by atoms with Gasteiger partial charge in [-0.05, 0) is 19.4 Å². The van der Waals surface area contributed by atoms with E-state index >= 15 is 0 Å². The summed E-state index contributed by atoms with van der Waals surface area (Å²) in [5, 5.41) is 3.29. The van der Waals surface area contributed by atoms with Crippen LogP contribution < -0.4 is 5.32 Å². The monoisotopic (exact) mass is 267 g/mol. The highest BCUT2D eigenvalue weighted by Gasteiger charge is 2.22. The zero-order valence-electron chi connectivity index (χ0n) is 12.4. The van der Waals surface area contributed by atoms with Gasteiger partial charge in [-0.25, -0.2) is 0 Å². The maximum atomic E-state index is 12.2. The lowest BCUT2D eigenvalue weighted by Gasteiger charge is -2.34. The Labute approximate surface area is 117 Å². The molecule has 0 radical (unpaired) electrons. The maximum Gasteiger partial charge on any atom is 0.223 e. The first kappa shape index (κ1) is 14.8. The van der Waals surface area contributed by atoms with E-state index in [9.17, 15) is 4.79 Å². The molecule has 2 rings (SSSR count). The molecule has 0 spiro atoms. The van der Waals surface area contributed by atoms with E-state index in [0.29, 0.717) is 12.3 Å². The SMILES string of the molecule is CCN(CCC(=O)N1CCNCC1)C1CCCCC1. The molecule has 19 heavy (non-hydrogen) atoms. The van der Waals surface area contributed by atoms with Gasteiger partial charge in [-0.1, -0.05) is 26.2 Å². The van der Waals surface area contributed by atoms with Crippen LogP contribution in [-0.2, 0) is 4.79 Å². The first-order valence-corrected chi connectivity index (χ1v) is 8.04. The van der Waals surface area contributed by atoms with Crippen molar-refractivity contribution in [2.75, 3.05) is 39.3 Å². The van der Waals surface area contributed by atoms with Crippen LogP contribution in [0.1, 0.15) is 45.4 Å². The highest BCUT2D eigenvalue weighted by Crippen LogP contribution is 2.22. The van der Waals surface area contributed by atoms with Crippen molar-refractivity contribution in [2.24, 2.45) is 0 Å². The van der Waals surface area contributed by atoms with Gasteiger partial charge in [0.15, 0.2) is 0 Å². The molecule has 1 heterocycles. The van der Waals surface area contributed by atoms with E-state index in [1.54, 1.807) is 0 Å². The number of nitrogens with zero attached hydrogens (tertiary/aromatic N) is 2. The van der Waals surface area contributed by atoms with E-state index in [1.165, 1.54) is 32.1 Å². The topological polar surface area (TPSA) is 35.6 Å². The van der Waals surface area contributed by atoms with Crippen molar-refractivity contribution in [2.45, 2.75) is 51.5 Å². The van der Waals surface area contributed by atoms with Crippen LogP contribution in [0, 0.1) is 0 Å². The Morgan fingerprint density at radius 3 is 2.53 bits per heavy atom. The van der Waals surface area contributed by atoms with Crippen molar-refractivity contribution < 1.29 is 4.79 Å². The van der Waals surface area contributed by atoms with Gasteiger partial charge in [0.05, 0.1) is 0 Å². The predicted octanol–water partition coefficient (Wildman–Crippen LogP) is 1.46. The van der Waals surface area contributed by atoms with Crippen LogP contribution in [0.2, 0.25) is 0 Å². The molecule has 2 aliphatic rings. The highest BCUT2D eigenvalue weighted by atomic mass is 16.2. The molecule has 4 heteroatoms. The van der Waals surface area contributed by atoms with Gasteiger partial charge in [0.1, 0.15) is 0 Å². The molecule has 1 N–H and O–H groups in total. The second kappa shape index (κ2) is 7.85. The number of carbonyl (C=O) groups excluding carboxylic acids is 1. The third-order valence-corrected chi connectivity index (χ3v) is 4.58. The molecule has 0 aromatic rings. The number of rotatable bonds is 5. The van der Waals surface area contributed by atoms with E-state index in [-0.39, 0.29) is 0 Å². The van der Waals surface area contributed by atoms with Gasteiger partial charge in [0, 0.05) is 45.2 Å². The standard InChI is InChI=1S/C15H29N3O/c1-2-17(14-6-4-3-5-7-14)11-8-15(19)18-12-9-16-10-13-18/h14,16H,2-13H2,1H3. The van der Waals surface area contributed by atoms with Crippen molar-refractivity contribution in [3.8, 4) is 0 Å². The fraction of sp³-hybridized carbons (Fsp3) is 0.933. The smallest absolute Gasteiger partial charge is 0.223 e. The summed E-state index contributed by atoms with van der Waals surface area (Å²) >= 11 is 0. The number of amides is 1. The second-order valence-corrected chi connectivity index (χ2v) is 5.80. The van der Waals surface area contributed by atoms with Gasteiger partial charge < -0.3 is 15.1 Å². The number of hydrogen-bond acceptors (Lipinski definition) is 3.